The lowest BCUT2D eigenvalue weighted by atomic mass is 9.92. The molecule has 3 rings (SSSR count). The summed E-state index contributed by atoms with van der Waals surface area (Å²) < 4.78 is 1.97. The summed E-state index contributed by atoms with van der Waals surface area (Å²) in [5.74, 6) is 0.770. The summed E-state index contributed by atoms with van der Waals surface area (Å²) in [4.78, 5) is 16.7. The van der Waals surface area contributed by atoms with Gasteiger partial charge in [-0.15, -0.1) is 12.4 Å². The van der Waals surface area contributed by atoms with Gasteiger partial charge in [0.1, 0.15) is 0 Å². The number of carbonyl (C=O) groups is 1. The first-order valence-corrected chi connectivity index (χ1v) is 7.81. The molecule has 0 unspecified atom stereocenters. The van der Waals surface area contributed by atoms with E-state index in [2.05, 4.69) is 34.7 Å². The van der Waals surface area contributed by atoms with Gasteiger partial charge in [0.25, 0.3) is 0 Å². The van der Waals surface area contributed by atoms with Crippen LogP contribution in [0, 0.1) is 5.92 Å². The first-order chi connectivity index (χ1) is 10.7. The zero-order chi connectivity index (χ0) is 15.4. The van der Waals surface area contributed by atoms with E-state index in [4.69, 9.17) is 0 Å². The van der Waals surface area contributed by atoms with E-state index in [1.54, 1.807) is 6.20 Å². The van der Waals surface area contributed by atoms with Gasteiger partial charge < -0.3 is 9.88 Å². The Morgan fingerprint density at radius 2 is 2.17 bits per heavy atom. The molecule has 2 N–H and O–H groups in total. The van der Waals surface area contributed by atoms with E-state index in [1.807, 2.05) is 29.0 Å². The lowest BCUT2D eigenvalue weighted by Gasteiger charge is -2.27. The Hall–Kier alpha value is -1.85. The maximum absolute atomic E-state index is 12.4. The van der Waals surface area contributed by atoms with Gasteiger partial charge in [0.15, 0.2) is 0 Å². The second-order valence-corrected chi connectivity index (χ2v) is 5.93. The Balaban J connectivity index is 0.00000192. The number of aromatic nitrogens is 2. The van der Waals surface area contributed by atoms with Crippen LogP contribution in [0.15, 0.2) is 42.7 Å². The summed E-state index contributed by atoms with van der Waals surface area (Å²) >= 11 is 0. The lowest BCUT2D eigenvalue weighted by Crippen LogP contribution is -2.40. The first-order valence-electron chi connectivity index (χ1n) is 7.81. The number of hydrogen-bond acceptors (Lipinski definition) is 3. The van der Waals surface area contributed by atoms with Crippen molar-refractivity contribution in [3.8, 4) is 0 Å². The molecule has 1 aromatic carbocycles. The van der Waals surface area contributed by atoms with Gasteiger partial charge in [-0.3, -0.25) is 10.1 Å². The van der Waals surface area contributed by atoms with Crippen molar-refractivity contribution >= 4 is 24.3 Å². The van der Waals surface area contributed by atoms with E-state index in [1.165, 1.54) is 5.56 Å². The second kappa shape index (κ2) is 8.13. The minimum atomic E-state index is 0. The Labute approximate surface area is 142 Å². The van der Waals surface area contributed by atoms with Gasteiger partial charge in [-0.2, -0.15) is 0 Å². The molecule has 2 aromatic rings. The first kappa shape index (κ1) is 17.5. The molecule has 0 bridgehead atoms. The molecular formula is C17H23ClN4O. The van der Waals surface area contributed by atoms with Crippen LogP contribution in [0.25, 0.3) is 0 Å². The molecule has 1 aliphatic heterocycles. The summed E-state index contributed by atoms with van der Waals surface area (Å²) in [7, 11) is 0. The summed E-state index contributed by atoms with van der Waals surface area (Å²) in [6.07, 6.45) is 5.39. The normalized spacial score (nSPS) is 20.6. The van der Waals surface area contributed by atoms with Crippen LogP contribution in [-0.2, 0) is 11.3 Å². The third kappa shape index (κ3) is 4.56. The fourth-order valence-corrected chi connectivity index (χ4v) is 2.92. The maximum Gasteiger partial charge on any atom is 0.229 e. The topological polar surface area (TPSA) is 59.0 Å². The third-order valence-corrected chi connectivity index (χ3v) is 4.14. The van der Waals surface area contributed by atoms with Gasteiger partial charge in [0.05, 0.1) is 6.54 Å². The van der Waals surface area contributed by atoms with Crippen LogP contribution < -0.4 is 10.6 Å². The largest absolute Gasteiger partial charge is 0.314 e. The average Bonchev–Trinajstić information content (AvgIpc) is 2.95. The van der Waals surface area contributed by atoms with E-state index < -0.39 is 0 Å². The molecule has 1 aromatic heterocycles. The number of amides is 1. The smallest absolute Gasteiger partial charge is 0.229 e. The predicted molar refractivity (Wildman–Crippen MR) is 93.8 cm³/mol. The molecule has 6 heteroatoms. The Bertz CT molecular complexity index is 629. The highest BCUT2D eigenvalue weighted by atomic mass is 35.5. The average molecular weight is 335 g/mol. The summed E-state index contributed by atoms with van der Waals surface area (Å²) in [6.45, 7) is 3.73. The Morgan fingerprint density at radius 1 is 1.39 bits per heavy atom. The molecule has 23 heavy (non-hydrogen) atoms. The zero-order valence-corrected chi connectivity index (χ0v) is 14.1. The molecule has 1 fully saturated rings. The van der Waals surface area contributed by atoms with E-state index in [-0.39, 0.29) is 24.2 Å². The highest BCUT2D eigenvalue weighted by Crippen LogP contribution is 2.18. The maximum atomic E-state index is 12.4. The van der Waals surface area contributed by atoms with Crippen LogP contribution in [0.3, 0.4) is 0 Å². The van der Waals surface area contributed by atoms with Gasteiger partial charge in [0.2, 0.25) is 11.9 Å². The third-order valence-electron chi connectivity index (χ3n) is 4.14. The number of anilines is 1. The highest BCUT2D eigenvalue weighted by molar-refractivity contribution is 5.91. The van der Waals surface area contributed by atoms with E-state index in [0.29, 0.717) is 18.5 Å². The monoisotopic (exact) mass is 334 g/mol. The highest BCUT2D eigenvalue weighted by Gasteiger charge is 2.25. The molecule has 0 aliphatic carbocycles. The quantitative estimate of drug-likeness (QED) is 0.903. The summed E-state index contributed by atoms with van der Waals surface area (Å²) in [6, 6.07) is 10.6. The van der Waals surface area contributed by atoms with Crippen molar-refractivity contribution in [2.24, 2.45) is 5.92 Å². The number of benzene rings is 1. The summed E-state index contributed by atoms with van der Waals surface area (Å²) in [5, 5.41) is 6.36. The van der Waals surface area contributed by atoms with E-state index in [9.17, 15) is 4.79 Å². The molecule has 1 amide bonds. The molecule has 5 nitrogen and oxygen atoms in total. The van der Waals surface area contributed by atoms with E-state index >= 15 is 0 Å². The number of hydrogen-bond donors (Lipinski definition) is 2. The van der Waals surface area contributed by atoms with Crippen molar-refractivity contribution in [1.29, 1.82) is 0 Å². The minimum Gasteiger partial charge on any atom is -0.314 e. The van der Waals surface area contributed by atoms with Gasteiger partial charge in [-0.25, -0.2) is 4.98 Å². The fourth-order valence-electron chi connectivity index (χ4n) is 2.92. The Morgan fingerprint density at radius 3 is 2.91 bits per heavy atom. The molecule has 0 radical (unpaired) electrons. The standard InChI is InChI=1S/C17H22N4O.ClH/c1-13-11-15(7-8-18-13)16(22)20-17-19-9-10-21(17)12-14-5-3-2-4-6-14;/h2-6,9-10,13,15,18H,7-8,11-12H2,1H3,(H,19,20,22);1H/t13-,15-;/m0./s1. The number of nitrogens with one attached hydrogen (secondary N) is 2. The van der Waals surface area contributed by atoms with Crippen LogP contribution in [0.2, 0.25) is 0 Å². The molecule has 124 valence electrons. The Kier molecular flexibility index (Phi) is 6.19. The number of halogens is 1. The summed E-state index contributed by atoms with van der Waals surface area (Å²) in [5.41, 5.74) is 1.19. The van der Waals surface area contributed by atoms with Gasteiger partial charge in [-0.1, -0.05) is 30.3 Å². The number of carbonyl (C=O) groups excluding carboxylic acids is 1. The van der Waals surface area contributed by atoms with Gasteiger partial charge in [-0.05, 0) is 31.9 Å². The second-order valence-electron chi connectivity index (χ2n) is 5.93. The number of nitrogens with zero attached hydrogens (tertiary/aromatic N) is 2. The van der Waals surface area contributed by atoms with Crippen molar-refractivity contribution < 1.29 is 4.79 Å². The van der Waals surface area contributed by atoms with Crippen LogP contribution in [0.4, 0.5) is 5.95 Å². The SMILES string of the molecule is C[C@H]1C[C@@H](C(=O)Nc2nccn2Cc2ccccc2)CCN1.Cl. The predicted octanol–water partition coefficient (Wildman–Crippen LogP) is 2.68. The number of rotatable bonds is 4. The molecule has 1 saturated heterocycles. The van der Waals surface area contributed by atoms with Crippen molar-refractivity contribution in [3.63, 3.8) is 0 Å². The van der Waals surface area contributed by atoms with Gasteiger partial charge >= 0.3 is 0 Å². The molecule has 2 atom stereocenters. The van der Waals surface area contributed by atoms with E-state index in [0.717, 1.165) is 19.4 Å². The minimum absolute atomic E-state index is 0. The van der Waals surface area contributed by atoms with Crippen molar-refractivity contribution in [3.05, 3.63) is 48.3 Å². The number of piperidine rings is 1. The fraction of sp³-hybridized carbons (Fsp3) is 0.412. The zero-order valence-electron chi connectivity index (χ0n) is 13.2. The van der Waals surface area contributed by atoms with Crippen LogP contribution in [0.1, 0.15) is 25.3 Å². The molecular weight excluding hydrogens is 312 g/mol. The van der Waals surface area contributed by atoms with Crippen LogP contribution in [0.5, 0.6) is 0 Å². The number of imidazole rings is 1. The van der Waals surface area contributed by atoms with Crippen molar-refractivity contribution in [2.45, 2.75) is 32.4 Å². The van der Waals surface area contributed by atoms with Crippen LogP contribution in [-0.4, -0.2) is 28.0 Å². The molecule has 2 heterocycles. The van der Waals surface area contributed by atoms with Crippen molar-refractivity contribution in [2.75, 3.05) is 11.9 Å². The van der Waals surface area contributed by atoms with Crippen LogP contribution >= 0.6 is 12.4 Å². The molecule has 0 saturated carbocycles. The van der Waals surface area contributed by atoms with Crippen molar-refractivity contribution in [1.82, 2.24) is 14.9 Å². The van der Waals surface area contributed by atoms with Gasteiger partial charge in [0, 0.05) is 24.4 Å². The molecule has 1 aliphatic rings. The molecule has 0 spiro atoms. The lowest BCUT2D eigenvalue weighted by molar-refractivity contribution is -0.120.